The quantitative estimate of drug-likeness (QED) is 0.447. The van der Waals surface area contributed by atoms with Crippen LogP contribution in [0.3, 0.4) is 0 Å². The topological polar surface area (TPSA) is 89.9 Å². The van der Waals surface area contributed by atoms with Crippen molar-refractivity contribution in [3.8, 4) is 0 Å². The van der Waals surface area contributed by atoms with E-state index in [1.54, 1.807) is 13.1 Å². The van der Waals surface area contributed by atoms with Crippen molar-refractivity contribution in [3.63, 3.8) is 0 Å². The molecule has 1 atom stereocenters. The number of allylic oxidation sites excluding steroid dienone is 1. The maximum absolute atomic E-state index is 11.5. The van der Waals surface area contributed by atoms with Crippen LogP contribution in [0.15, 0.2) is 12.7 Å². The predicted molar refractivity (Wildman–Crippen MR) is 63.7 cm³/mol. The van der Waals surface area contributed by atoms with Gasteiger partial charge in [-0.25, -0.2) is 9.59 Å². The Balaban J connectivity index is 4.00. The second-order valence-electron chi connectivity index (χ2n) is 4.09. The Kier molecular flexibility index (Phi) is 6.27. The number of aliphatic hydroxyl groups is 1. The van der Waals surface area contributed by atoms with Crippen LogP contribution in [0.4, 0.5) is 4.79 Å². The first-order chi connectivity index (χ1) is 7.81. The molecule has 1 unspecified atom stereocenters. The van der Waals surface area contributed by atoms with Crippen LogP contribution in [0.2, 0.25) is 0 Å². The van der Waals surface area contributed by atoms with E-state index in [0.29, 0.717) is 6.54 Å². The van der Waals surface area contributed by atoms with Gasteiger partial charge in [-0.2, -0.15) is 0 Å². The number of nitrogens with zero attached hydrogens (tertiary/aromatic N) is 1. The Morgan fingerprint density at radius 1 is 1.53 bits per heavy atom. The summed E-state index contributed by atoms with van der Waals surface area (Å²) in [5.74, 6) is -1.37. The number of unbranched alkanes of at least 4 members (excludes halogenated alkanes) is 1. The zero-order valence-electron chi connectivity index (χ0n) is 10.3. The molecule has 0 aromatic rings. The van der Waals surface area contributed by atoms with Gasteiger partial charge >= 0.3 is 12.0 Å². The number of rotatable bonds is 7. The van der Waals surface area contributed by atoms with Gasteiger partial charge in [-0.15, -0.1) is 6.58 Å². The lowest BCUT2D eigenvalue weighted by Crippen LogP contribution is -2.49. The molecule has 6 heteroatoms. The highest BCUT2D eigenvalue weighted by atomic mass is 16.4. The van der Waals surface area contributed by atoms with Gasteiger partial charge in [0.05, 0.1) is 6.54 Å². The standard InChI is InChI=1S/C11H20N2O4/c1-4-5-6-7-13(3)10(16)12-8-11(2,17)9(14)15/h4,17H,1,5-8H2,2-3H3,(H,12,16)(H,14,15). The normalized spacial score (nSPS) is 13.6. The summed E-state index contributed by atoms with van der Waals surface area (Å²) >= 11 is 0. The van der Waals surface area contributed by atoms with Crippen LogP contribution < -0.4 is 5.32 Å². The first-order valence-corrected chi connectivity index (χ1v) is 5.37. The van der Waals surface area contributed by atoms with Crippen molar-refractivity contribution in [2.24, 2.45) is 0 Å². The van der Waals surface area contributed by atoms with Gasteiger partial charge in [0.25, 0.3) is 0 Å². The van der Waals surface area contributed by atoms with E-state index >= 15 is 0 Å². The number of nitrogens with one attached hydrogen (secondary N) is 1. The van der Waals surface area contributed by atoms with Gasteiger partial charge in [0.2, 0.25) is 0 Å². The summed E-state index contributed by atoms with van der Waals surface area (Å²) in [5, 5.41) is 20.4. The Morgan fingerprint density at radius 3 is 2.59 bits per heavy atom. The van der Waals surface area contributed by atoms with Gasteiger partial charge in [-0.3, -0.25) is 0 Å². The van der Waals surface area contributed by atoms with Crippen LogP contribution in [0.1, 0.15) is 19.8 Å². The number of carboxylic acid groups (broad SMARTS) is 1. The van der Waals surface area contributed by atoms with Crippen molar-refractivity contribution in [2.45, 2.75) is 25.4 Å². The minimum atomic E-state index is -1.95. The molecule has 0 rings (SSSR count). The average molecular weight is 244 g/mol. The molecule has 17 heavy (non-hydrogen) atoms. The first-order valence-electron chi connectivity index (χ1n) is 5.37. The zero-order chi connectivity index (χ0) is 13.5. The van der Waals surface area contributed by atoms with E-state index in [0.717, 1.165) is 19.8 Å². The fraction of sp³-hybridized carbons (Fsp3) is 0.636. The van der Waals surface area contributed by atoms with Crippen molar-refractivity contribution in [2.75, 3.05) is 20.1 Å². The molecule has 0 aliphatic heterocycles. The molecule has 6 nitrogen and oxygen atoms in total. The van der Waals surface area contributed by atoms with Crippen molar-refractivity contribution < 1.29 is 19.8 Å². The Hall–Kier alpha value is -1.56. The highest BCUT2D eigenvalue weighted by Gasteiger charge is 2.30. The summed E-state index contributed by atoms with van der Waals surface area (Å²) in [7, 11) is 1.61. The minimum absolute atomic E-state index is 0.326. The van der Waals surface area contributed by atoms with Gasteiger partial charge in [0.15, 0.2) is 5.60 Å². The predicted octanol–water partition coefficient (Wildman–Crippen LogP) is 0.430. The summed E-state index contributed by atoms with van der Waals surface area (Å²) in [5.41, 5.74) is -1.95. The Labute approximate surface area is 101 Å². The lowest BCUT2D eigenvalue weighted by molar-refractivity contribution is -0.155. The van der Waals surface area contributed by atoms with E-state index < -0.39 is 17.6 Å². The number of amides is 2. The molecular formula is C11H20N2O4. The summed E-state index contributed by atoms with van der Waals surface area (Å²) in [6.45, 7) is 4.93. The number of hydrogen-bond acceptors (Lipinski definition) is 3. The molecule has 98 valence electrons. The van der Waals surface area contributed by atoms with Gasteiger partial charge in [0, 0.05) is 13.6 Å². The number of urea groups is 1. The van der Waals surface area contributed by atoms with Crippen LogP contribution in [0.5, 0.6) is 0 Å². The molecular weight excluding hydrogens is 224 g/mol. The van der Waals surface area contributed by atoms with Crippen molar-refractivity contribution in [1.29, 1.82) is 0 Å². The van der Waals surface area contributed by atoms with Crippen molar-refractivity contribution in [1.82, 2.24) is 10.2 Å². The molecule has 2 amide bonds. The lowest BCUT2D eigenvalue weighted by atomic mass is 10.1. The molecule has 3 N–H and O–H groups in total. The highest BCUT2D eigenvalue weighted by Crippen LogP contribution is 2.01. The largest absolute Gasteiger partial charge is 0.479 e. The molecule has 0 spiro atoms. The first kappa shape index (κ1) is 15.4. The smallest absolute Gasteiger partial charge is 0.337 e. The lowest BCUT2D eigenvalue weighted by Gasteiger charge is -2.22. The molecule has 0 aliphatic rings. The van der Waals surface area contributed by atoms with E-state index in [9.17, 15) is 14.7 Å². The van der Waals surface area contributed by atoms with Crippen LogP contribution in [-0.2, 0) is 4.79 Å². The van der Waals surface area contributed by atoms with E-state index in [1.807, 2.05) is 0 Å². The van der Waals surface area contributed by atoms with E-state index in [1.165, 1.54) is 4.90 Å². The third-order valence-electron chi connectivity index (χ3n) is 2.29. The molecule has 0 saturated heterocycles. The zero-order valence-corrected chi connectivity index (χ0v) is 10.3. The molecule has 0 fully saturated rings. The van der Waals surface area contributed by atoms with E-state index in [-0.39, 0.29) is 6.54 Å². The van der Waals surface area contributed by atoms with Crippen LogP contribution in [0.25, 0.3) is 0 Å². The number of aliphatic carboxylic acids is 1. The van der Waals surface area contributed by atoms with Gasteiger partial charge in [-0.1, -0.05) is 6.08 Å². The molecule has 0 bridgehead atoms. The third kappa shape index (κ3) is 5.91. The Morgan fingerprint density at radius 2 is 2.12 bits per heavy atom. The average Bonchev–Trinajstić information content (AvgIpc) is 2.26. The minimum Gasteiger partial charge on any atom is -0.479 e. The van der Waals surface area contributed by atoms with Gasteiger partial charge in [0.1, 0.15) is 0 Å². The SMILES string of the molecule is C=CCCCN(C)C(=O)NCC(C)(O)C(=O)O. The maximum Gasteiger partial charge on any atom is 0.337 e. The van der Waals surface area contributed by atoms with E-state index in [2.05, 4.69) is 11.9 Å². The molecule has 0 heterocycles. The fourth-order valence-electron chi connectivity index (χ4n) is 1.03. The van der Waals surface area contributed by atoms with Crippen LogP contribution in [0, 0.1) is 0 Å². The summed E-state index contributed by atoms with van der Waals surface area (Å²) in [4.78, 5) is 23.5. The molecule has 0 aliphatic carbocycles. The second-order valence-corrected chi connectivity index (χ2v) is 4.09. The van der Waals surface area contributed by atoms with Crippen molar-refractivity contribution in [3.05, 3.63) is 12.7 Å². The summed E-state index contributed by atoms with van der Waals surface area (Å²) in [6.07, 6.45) is 3.37. The van der Waals surface area contributed by atoms with Gasteiger partial charge < -0.3 is 20.4 Å². The fourth-order valence-corrected chi connectivity index (χ4v) is 1.03. The highest BCUT2D eigenvalue weighted by molar-refractivity contribution is 5.79. The summed E-state index contributed by atoms with van der Waals surface area (Å²) in [6, 6.07) is -0.407. The summed E-state index contributed by atoms with van der Waals surface area (Å²) < 4.78 is 0. The monoisotopic (exact) mass is 244 g/mol. The molecule has 0 saturated carbocycles. The number of carboxylic acids is 1. The van der Waals surface area contributed by atoms with Crippen LogP contribution in [-0.4, -0.2) is 52.9 Å². The maximum atomic E-state index is 11.5. The Bertz CT molecular complexity index is 289. The molecule has 0 aromatic heterocycles. The second kappa shape index (κ2) is 6.90. The molecule has 0 radical (unpaired) electrons. The number of carbonyl (C=O) groups excluding carboxylic acids is 1. The van der Waals surface area contributed by atoms with Crippen molar-refractivity contribution >= 4 is 12.0 Å². The number of hydrogen-bond donors (Lipinski definition) is 3. The van der Waals surface area contributed by atoms with Crippen LogP contribution >= 0.6 is 0 Å². The number of carbonyl (C=O) groups is 2. The molecule has 0 aromatic carbocycles. The third-order valence-corrected chi connectivity index (χ3v) is 2.29. The van der Waals surface area contributed by atoms with Gasteiger partial charge in [-0.05, 0) is 19.8 Å². The van der Waals surface area contributed by atoms with E-state index in [4.69, 9.17) is 5.11 Å².